The predicted octanol–water partition coefficient (Wildman–Crippen LogP) is 3.88. The first-order valence-corrected chi connectivity index (χ1v) is 8.35. The van der Waals surface area contributed by atoms with E-state index in [0.29, 0.717) is 12.4 Å². The Morgan fingerprint density at radius 3 is 2.67 bits per heavy atom. The van der Waals surface area contributed by atoms with Crippen molar-refractivity contribution >= 4 is 5.91 Å². The summed E-state index contributed by atoms with van der Waals surface area (Å²) in [6.07, 6.45) is 1.82. The minimum Gasteiger partial charge on any atom is -0.497 e. The van der Waals surface area contributed by atoms with Gasteiger partial charge in [0.2, 0.25) is 5.91 Å². The Morgan fingerprint density at radius 2 is 1.96 bits per heavy atom. The van der Waals surface area contributed by atoms with Gasteiger partial charge in [0.1, 0.15) is 17.4 Å². The Bertz CT molecular complexity index is 923. The highest BCUT2D eigenvalue weighted by Crippen LogP contribution is 2.24. The SMILES string of the molecule is COc1ccc(CNC(=O)CCc2ncc(-c3ccc(F)cc3F)o2)cc1. The van der Waals surface area contributed by atoms with Crippen LogP contribution in [0.15, 0.2) is 53.1 Å². The van der Waals surface area contributed by atoms with Gasteiger partial charge in [-0.2, -0.15) is 0 Å². The molecule has 1 N–H and O–H groups in total. The maximum Gasteiger partial charge on any atom is 0.220 e. The van der Waals surface area contributed by atoms with Crippen LogP contribution in [-0.2, 0) is 17.8 Å². The van der Waals surface area contributed by atoms with Crippen molar-refractivity contribution < 1.29 is 22.7 Å². The summed E-state index contributed by atoms with van der Waals surface area (Å²) in [6, 6.07) is 10.6. The van der Waals surface area contributed by atoms with Gasteiger partial charge in [-0.05, 0) is 29.8 Å². The second-order valence-corrected chi connectivity index (χ2v) is 5.87. The first-order valence-electron chi connectivity index (χ1n) is 8.35. The summed E-state index contributed by atoms with van der Waals surface area (Å²) in [4.78, 5) is 16.0. The number of oxazole rings is 1. The largest absolute Gasteiger partial charge is 0.497 e. The molecule has 0 aliphatic heterocycles. The van der Waals surface area contributed by atoms with Crippen LogP contribution in [0.1, 0.15) is 17.9 Å². The fourth-order valence-electron chi connectivity index (χ4n) is 2.49. The van der Waals surface area contributed by atoms with E-state index in [0.717, 1.165) is 23.4 Å². The Kier molecular flexibility index (Phi) is 5.80. The number of carbonyl (C=O) groups is 1. The molecule has 0 saturated heterocycles. The van der Waals surface area contributed by atoms with Crippen molar-refractivity contribution in [2.45, 2.75) is 19.4 Å². The number of nitrogens with zero attached hydrogens (tertiary/aromatic N) is 1. The molecule has 0 fully saturated rings. The van der Waals surface area contributed by atoms with Crippen molar-refractivity contribution in [2.24, 2.45) is 0 Å². The third kappa shape index (κ3) is 4.91. The average Bonchev–Trinajstić information content (AvgIpc) is 3.14. The summed E-state index contributed by atoms with van der Waals surface area (Å²) in [7, 11) is 1.59. The summed E-state index contributed by atoms with van der Waals surface area (Å²) >= 11 is 0. The second-order valence-electron chi connectivity index (χ2n) is 5.87. The van der Waals surface area contributed by atoms with Gasteiger partial charge >= 0.3 is 0 Å². The van der Waals surface area contributed by atoms with Crippen LogP contribution in [0, 0.1) is 11.6 Å². The number of halogens is 2. The molecule has 1 aromatic heterocycles. The lowest BCUT2D eigenvalue weighted by atomic mass is 10.2. The number of hydrogen-bond donors (Lipinski definition) is 1. The Balaban J connectivity index is 1.51. The second kappa shape index (κ2) is 8.44. The number of ether oxygens (including phenoxy) is 1. The highest BCUT2D eigenvalue weighted by molar-refractivity contribution is 5.76. The van der Waals surface area contributed by atoms with E-state index in [4.69, 9.17) is 9.15 Å². The molecule has 0 saturated carbocycles. The van der Waals surface area contributed by atoms with E-state index >= 15 is 0 Å². The van der Waals surface area contributed by atoms with Gasteiger partial charge in [-0.15, -0.1) is 0 Å². The summed E-state index contributed by atoms with van der Waals surface area (Å²) in [5.74, 6) is -0.283. The number of hydrogen-bond acceptors (Lipinski definition) is 4. The van der Waals surface area contributed by atoms with E-state index in [1.807, 2.05) is 24.3 Å². The van der Waals surface area contributed by atoms with Crippen molar-refractivity contribution in [1.29, 1.82) is 0 Å². The molecule has 7 heteroatoms. The zero-order chi connectivity index (χ0) is 19.2. The van der Waals surface area contributed by atoms with Gasteiger partial charge in [0.15, 0.2) is 11.7 Å². The zero-order valence-electron chi connectivity index (χ0n) is 14.7. The smallest absolute Gasteiger partial charge is 0.220 e. The zero-order valence-corrected chi connectivity index (χ0v) is 14.7. The number of nitrogens with one attached hydrogen (secondary N) is 1. The number of rotatable bonds is 7. The lowest BCUT2D eigenvalue weighted by Gasteiger charge is -2.05. The van der Waals surface area contributed by atoms with Crippen LogP contribution >= 0.6 is 0 Å². The lowest BCUT2D eigenvalue weighted by molar-refractivity contribution is -0.121. The van der Waals surface area contributed by atoms with Gasteiger partial charge in [-0.1, -0.05) is 12.1 Å². The number of aromatic nitrogens is 1. The number of methoxy groups -OCH3 is 1. The van der Waals surface area contributed by atoms with Gasteiger partial charge in [0.25, 0.3) is 0 Å². The highest BCUT2D eigenvalue weighted by atomic mass is 19.1. The molecule has 3 rings (SSSR count). The molecule has 0 aliphatic carbocycles. The van der Waals surface area contributed by atoms with Crippen LogP contribution in [0.3, 0.4) is 0 Å². The van der Waals surface area contributed by atoms with Crippen molar-refractivity contribution in [1.82, 2.24) is 10.3 Å². The van der Waals surface area contributed by atoms with Crippen LogP contribution in [-0.4, -0.2) is 18.0 Å². The molecule has 1 heterocycles. The molecule has 0 radical (unpaired) electrons. The third-order valence-electron chi connectivity index (χ3n) is 3.96. The van der Waals surface area contributed by atoms with Gasteiger partial charge in [0, 0.05) is 25.5 Å². The monoisotopic (exact) mass is 372 g/mol. The molecule has 27 heavy (non-hydrogen) atoms. The molecule has 0 atom stereocenters. The Hall–Kier alpha value is -3.22. The van der Waals surface area contributed by atoms with Crippen molar-refractivity contribution in [3.05, 3.63) is 71.8 Å². The van der Waals surface area contributed by atoms with E-state index < -0.39 is 11.6 Å². The third-order valence-corrected chi connectivity index (χ3v) is 3.96. The first kappa shape index (κ1) is 18.6. The highest BCUT2D eigenvalue weighted by Gasteiger charge is 2.13. The fourth-order valence-corrected chi connectivity index (χ4v) is 2.49. The number of carbonyl (C=O) groups excluding carboxylic acids is 1. The molecule has 0 spiro atoms. The summed E-state index contributed by atoms with van der Waals surface area (Å²) in [6.45, 7) is 0.403. The average molecular weight is 372 g/mol. The van der Waals surface area contributed by atoms with Gasteiger partial charge in [-0.25, -0.2) is 13.8 Å². The minimum atomic E-state index is -0.727. The quantitative estimate of drug-likeness (QED) is 0.684. The van der Waals surface area contributed by atoms with E-state index in [1.165, 1.54) is 12.3 Å². The minimum absolute atomic E-state index is 0.124. The number of aryl methyl sites for hydroxylation is 1. The summed E-state index contributed by atoms with van der Waals surface area (Å²) in [5, 5.41) is 2.81. The van der Waals surface area contributed by atoms with Crippen molar-refractivity contribution in [2.75, 3.05) is 7.11 Å². The number of benzene rings is 2. The summed E-state index contributed by atoms with van der Waals surface area (Å²) in [5.41, 5.74) is 1.08. The Morgan fingerprint density at radius 1 is 1.19 bits per heavy atom. The molecule has 1 amide bonds. The predicted molar refractivity (Wildman–Crippen MR) is 95.0 cm³/mol. The van der Waals surface area contributed by atoms with Crippen molar-refractivity contribution in [3.8, 4) is 17.1 Å². The molecule has 0 unspecified atom stereocenters. The first-order chi connectivity index (χ1) is 13.0. The molecule has 2 aromatic carbocycles. The fraction of sp³-hybridized carbons (Fsp3) is 0.200. The maximum atomic E-state index is 13.8. The van der Waals surface area contributed by atoms with Gasteiger partial charge < -0.3 is 14.5 Å². The normalized spacial score (nSPS) is 10.6. The van der Waals surface area contributed by atoms with Crippen LogP contribution < -0.4 is 10.1 Å². The van der Waals surface area contributed by atoms with Gasteiger partial charge in [0.05, 0.1) is 18.9 Å². The molecule has 5 nitrogen and oxygen atoms in total. The van der Waals surface area contributed by atoms with Crippen LogP contribution in [0.25, 0.3) is 11.3 Å². The van der Waals surface area contributed by atoms with Crippen molar-refractivity contribution in [3.63, 3.8) is 0 Å². The molecular formula is C20H18F2N2O3. The summed E-state index contributed by atoms with van der Waals surface area (Å²) < 4.78 is 37.3. The lowest BCUT2D eigenvalue weighted by Crippen LogP contribution is -2.23. The number of amides is 1. The maximum absolute atomic E-state index is 13.8. The molecule has 3 aromatic rings. The van der Waals surface area contributed by atoms with E-state index in [1.54, 1.807) is 7.11 Å². The van der Waals surface area contributed by atoms with Crippen LogP contribution in [0.2, 0.25) is 0 Å². The Labute approximate surface area is 155 Å². The van der Waals surface area contributed by atoms with Crippen LogP contribution in [0.5, 0.6) is 5.75 Å². The van der Waals surface area contributed by atoms with E-state index in [-0.39, 0.29) is 30.1 Å². The standard InChI is InChI=1S/C20H18F2N2O3/c1-26-15-5-2-13(3-6-15)11-23-19(25)8-9-20-24-12-18(27-20)16-7-4-14(21)10-17(16)22/h2-7,10,12H,8-9,11H2,1H3,(H,23,25). The molecular weight excluding hydrogens is 354 g/mol. The van der Waals surface area contributed by atoms with E-state index in [2.05, 4.69) is 10.3 Å². The topological polar surface area (TPSA) is 64.4 Å². The molecule has 0 bridgehead atoms. The molecule has 0 aliphatic rings. The van der Waals surface area contributed by atoms with Crippen LogP contribution in [0.4, 0.5) is 8.78 Å². The molecule has 140 valence electrons. The van der Waals surface area contributed by atoms with Gasteiger partial charge in [-0.3, -0.25) is 4.79 Å². The van der Waals surface area contributed by atoms with E-state index in [9.17, 15) is 13.6 Å².